The highest BCUT2D eigenvalue weighted by Gasteiger charge is 2.33. The second-order valence-electron chi connectivity index (χ2n) is 7.63. The van der Waals surface area contributed by atoms with Crippen molar-refractivity contribution < 1.29 is 23.8 Å². The lowest BCUT2D eigenvalue weighted by Gasteiger charge is -2.24. The van der Waals surface area contributed by atoms with Gasteiger partial charge in [-0.1, -0.05) is 41.1 Å². The minimum absolute atomic E-state index is 0.277. The molecule has 180 valence electrons. The van der Waals surface area contributed by atoms with E-state index in [9.17, 15) is 14.4 Å². The van der Waals surface area contributed by atoms with Gasteiger partial charge < -0.3 is 14.2 Å². The van der Waals surface area contributed by atoms with Gasteiger partial charge in [0.2, 0.25) is 0 Å². The number of methoxy groups -OCH3 is 2. The standard InChI is InChI=1S/C25H21ClN2O6S/c1-13-21(24(31)33-4)22(16-6-8-17(26)9-7-16)28-23(30)20(35-25(28)27-13)12-15-5-10-18(34-14(2)29)19(11-15)32-3/h5-12,22H,1-4H3/b20-12+/t22-/m0/s1. The minimum Gasteiger partial charge on any atom is -0.493 e. The van der Waals surface area contributed by atoms with Gasteiger partial charge in [0.15, 0.2) is 16.3 Å². The van der Waals surface area contributed by atoms with E-state index in [0.29, 0.717) is 36.9 Å². The molecule has 2 aromatic carbocycles. The Labute approximate surface area is 209 Å². The Morgan fingerprint density at radius 2 is 1.83 bits per heavy atom. The smallest absolute Gasteiger partial charge is 0.338 e. The summed E-state index contributed by atoms with van der Waals surface area (Å²) in [5, 5.41) is 0.535. The molecule has 10 heteroatoms. The van der Waals surface area contributed by atoms with E-state index in [1.54, 1.807) is 55.5 Å². The average Bonchev–Trinajstić information content (AvgIpc) is 3.13. The van der Waals surface area contributed by atoms with E-state index < -0.39 is 18.0 Å². The van der Waals surface area contributed by atoms with Gasteiger partial charge in [-0.2, -0.15) is 0 Å². The molecule has 1 aromatic heterocycles. The summed E-state index contributed by atoms with van der Waals surface area (Å²) in [7, 11) is 2.75. The van der Waals surface area contributed by atoms with Gasteiger partial charge in [-0.15, -0.1) is 0 Å². The first-order valence-electron chi connectivity index (χ1n) is 10.5. The number of carbonyl (C=O) groups excluding carboxylic acids is 2. The second kappa shape index (κ2) is 9.89. The number of ether oxygens (including phenoxy) is 3. The van der Waals surface area contributed by atoms with Crippen LogP contribution in [-0.4, -0.2) is 30.7 Å². The van der Waals surface area contributed by atoms with Crippen molar-refractivity contribution >= 4 is 41.0 Å². The Morgan fingerprint density at radius 3 is 2.46 bits per heavy atom. The summed E-state index contributed by atoms with van der Waals surface area (Å²) in [6.45, 7) is 3.01. The molecule has 35 heavy (non-hydrogen) atoms. The van der Waals surface area contributed by atoms with Gasteiger partial charge in [0.25, 0.3) is 5.56 Å². The first-order chi connectivity index (χ1) is 16.7. The number of carbonyl (C=O) groups is 2. The van der Waals surface area contributed by atoms with Gasteiger partial charge in [0.05, 0.1) is 36.1 Å². The largest absolute Gasteiger partial charge is 0.493 e. The van der Waals surface area contributed by atoms with Crippen molar-refractivity contribution in [1.29, 1.82) is 0 Å². The summed E-state index contributed by atoms with van der Waals surface area (Å²) < 4.78 is 17.4. The first kappa shape index (κ1) is 24.4. The van der Waals surface area contributed by atoms with Crippen LogP contribution in [0, 0.1) is 0 Å². The van der Waals surface area contributed by atoms with Crippen LogP contribution in [0.1, 0.15) is 31.0 Å². The Kier molecular flexibility index (Phi) is 6.90. The number of benzene rings is 2. The molecule has 1 aliphatic rings. The van der Waals surface area contributed by atoms with E-state index in [0.717, 1.165) is 0 Å². The molecule has 0 amide bonds. The Hall–Kier alpha value is -3.69. The third kappa shape index (κ3) is 4.78. The topological polar surface area (TPSA) is 96.2 Å². The van der Waals surface area contributed by atoms with Crippen molar-refractivity contribution in [3.8, 4) is 11.5 Å². The van der Waals surface area contributed by atoms with Crippen LogP contribution in [0.4, 0.5) is 0 Å². The number of thiazole rings is 1. The van der Waals surface area contributed by atoms with Crippen molar-refractivity contribution in [2.24, 2.45) is 4.99 Å². The lowest BCUT2D eigenvalue weighted by molar-refractivity contribution is -0.136. The molecule has 0 radical (unpaired) electrons. The zero-order chi connectivity index (χ0) is 25.3. The van der Waals surface area contributed by atoms with Crippen LogP contribution in [0.5, 0.6) is 11.5 Å². The fourth-order valence-electron chi connectivity index (χ4n) is 3.82. The molecule has 0 N–H and O–H groups in total. The highest BCUT2D eigenvalue weighted by Crippen LogP contribution is 2.31. The number of rotatable bonds is 5. The van der Waals surface area contributed by atoms with Crippen LogP contribution < -0.4 is 24.4 Å². The lowest BCUT2D eigenvalue weighted by Crippen LogP contribution is -2.39. The Morgan fingerprint density at radius 1 is 1.11 bits per heavy atom. The Balaban J connectivity index is 1.89. The maximum atomic E-state index is 13.6. The van der Waals surface area contributed by atoms with E-state index in [2.05, 4.69) is 4.99 Å². The van der Waals surface area contributed by atoms with Crippen LogP contribution >= 0.6 is 22.9 Å². The normalized spacial score (nSPS) is 15.3. The zero-order valence-electron chi connectivity index (χ0n) is 19.3. The molecule has 4 rings (SSSR count). The maximum Gasteiger partial charge on any atom is 0.338 e. The summed E-state index contributed by atoms with van der Waals surface area (Å²) in [4.78, 5) is 42.6. The summed E-state index contributed by atoms with van der Waals surface area (Å²) in [6, 6.07) is 11.2. The van der Waals surface area contributed by atoms with Gasteiger partial charge in [-0.3, -0.25) is 14.2 Å². The third-order valence-electron chi connectivity index (χ3n) is 5.35. The summed E-state index contributed by atoms with van der Waals surface area (Å²) in [5.41, 5.74) is 1.79. The first-order valence-corrected chi connectivity index (χ1v) is 11.7. The lowest BCUT2D eigenvalue weighted by atomic mass is 9.96. The summed E-state index contributed by atoms with van der Waals surface area (Å²) in [6.07, 6.45) is 1.69. The van der Waals surface area contributed by atoms with Crippen LogP contribution in [0.25, 0.3) is 6.08 Å². The third-order valence-corrected chi connectivity index (χ3v) is 6.59. The molecule has 8 nitrogen and oxygen atoms in total. The van der Waals surface area contributed by atoms with Gasteiger partial charge in [-0.05, 0) is 48.4 Å². The number of allylic oxidation sites excluding steroid dienone is 1. The Bertz CT molecular complexity index is 1540. The van der Waals surface area contributed by atoms with Crippen LogP contribution in [0.3, 0.4) is 0 Å². The SMILES string of the molecule is COC(=O)C1=C(C)N=c2s/c(=C/c3ccc(OC(C)=O)c(OC)c3)c(=O)n2[C@H]1c1ccc(Cl)cc1. The van der Waals surface area contributed by atoms with E-state index in [4.69, 9.17) is 25.8 Å². The number of hydrogen-bond donors (Lipinski definition) is 0. The summed E-state index contributed by atoms with van der Waals surface area (Å²) >= 11 is 7.26. The number of esters is 2. The predicted octanol–water partition coefficient (Wildman–Crippen LogP) is 3.00. The number of aromatic nitrogens is 1. The number of fused-ring (bicyclic) bond motifs is 1. The van der Waals surface area contributed by atoms with Gasteiger partial charge in [-0.25, -0.2) is 9.79 Å². The molecule has 0 fully saturated rings. The van der Waals surface area contributed by atoms with Gasteiger partial charge >= 0.3 is 11.9 Å². The molecule has 0 saturated heterocycles. The highest BCUT2D eigenvalue weighted by atomic mass is 35.5. The monoisotopic (exact) mass is 512 g/mol. The number of halogens is 1. The highest BCUT2D eigenvalue weighted by molar-refractivity contribution is 7.07. The predicted molar refractivity (Wildman–Crippen MR) is 132 cm³/mol. The molecule has 3 aromatic rings. The van der Waals surface area contributed by atoms with E-state index in [-0.39, 0.29) is 16.9 Å². The quantitative estimate of drug-likeness (QED) is 0.385. The van der Waals surface area contributed by atoms with Crippen molar-refractivity contribution in [2.75, 3.05) is 14.2 Å². The molecule has 0 spiro atoms. The van der Waals surface area contributed by atoms with Crippen molar-refractivity contribution in [3.63, 3.8) is 0 Å². The fraction of sp³-hybridized carbons (Fsp3) is 0.200. The van der Waals surface area contributed by atoms with Gasteiger partial charge in [0, 0.05) is 11.9 Å². The molecule has 1 aliphatic heterocycles. The van der Waals surface area contributed by atoms with Crippen molar-refractivity contribution in [2.45, 2.75) is 19.9 Å². The molecular weight excluding hydrogens is 492 g/mol. The average molecular weight is 513 g/mol. The molecule has 0 bridgehead atoms. The number of nitrogens with zero attached hydrogens (tertiary/aromatic N) is 2. The van der Waals surface area contributed by atoms with E-state index in [1.807, 2.05) is 0 Å². The fourth-order valence-corrected chi connectivity index (χ4v) is 4.99. The molecule has 0 saturated carbocycles. The number of hydrogen-bond acceptors (Lipinski definition) is 8. The molecule has 0 unspecified atom stereocenters. The second-order valence-corrected chi connectivity index (χ2v) is 9.07. The van der Waals surface area contributed by atoms with Crippen LogP contribution in [-0.2, 0) is 14.3 Å². The van der Waals surface area contributed by atoms with Crippen molar-refractivity contribution in [3.05, 3.63) is 89.6 Å². The van der Waals surface area contributed by atoms with Crippen molar-refractivity contribution in [1.82, 2.24) is 4.57 Å². The van der Waals surface area contributed by atoms with Crippen LogP contribution in [0.2, 0.25) is 5.02 Å². The van der Waals surface area contributed by atoms with E-state index >= 15 is 0 Å². The molecule has 1 atom stereocenters. The summed E-state index contributed by atoms with van der Waals surface area (Å²) in [5.74, 6) is -0.404. The van der Waals surface area contributed by atoms with Crippen LogP contribution in [0.15, 0.2) is 63.5 Å². The maximum absolute atomic E-state index is 13.6. The molecule has 2 heterocycles. The molecule has 0 aliphatic carbocycles. The van der Waals surface area contributed by atoms with E-state index in [1.165, 1.54) is 37.0 Å². The van der Waals surface area contributed by atoms with Gasteiger partial charge in [0.1, 0.15) is 0 Å². The molecular formula is C25H21ClN2O6S. The minimum atomic E-state index is -0.723. The zero-order valence-corrected chi connectivity index (χ0v) is 20.9.